The third-order valence-electron chi connectivity index (χ3n) is 3.35. The summed E-state index contributed by atoms with van der Waals surface area (Å²) in [7, 11) is 1.60. The number of aromatic nitrogens is 2. The summed E-state index contributed by atoms with van der Waals surface area (Å²) in [5, 5.41) is 15.5. The number of hydrogen-bond donors (Lipinski definition) is 2. The topological polar surface area (TPSA) is 76.1 Å². The maximum atomic E-state index is 12.2. The first-order chi connectivity index (χ1) is 13.5. The highest BCUT2D eigenvalue weighted by Gasteiger charge is 2.13. The zero-order chi connectivity index (χ0) is 20.1. The van der Waals surface area contributed by atoms with Crippen molar-refractivity contribution in [2.75, 3.05) is 23.5 Å². The number of halogens is 3. The zero-order valence-electron chi connectivity index (χ0n) is 14.3. The number of carbonyl (C=O) groups excluding carboxylic acids is 1. The second-order valence-corrected chi connectivity index (χ2v) is 8.73. The number of ether oxygens (including phenoxy) is 1. The fourth-order valence-electron chi connectivity index (χ4n) is 2.15. The summed E-state index contributed by atoms with van der Waals surface area (Å²) in [4.78, 5) is 12.2. The molecule has 0 aliphatic carbocycles. The molecule has 146 valence electrons. The van der Waals surface area contributed by atoms with Crippen LogP contribution < -0.4 is 15.4 Å². The Kier molecular flexibility index (Phi) is 7.25. The molecule has 1 amide bonds. The van der Waals surface area contributed by atoms with E-state index in [4.69, 9.17) is 39.5 Å². The quantitative estimate of drug-likeness (QED) is 0.409. The average Bonchev–Trinajstić information content (AvgIpc) is 3.11. The molecule has 6 nitrogen and oxygen atoms in total. The van der Waals surface area contributed by atoms with Gasteiger partial charge in [0.15, 0.2) is 4.34 Å². The summed E-state index contributed by atoms with van der Waals surface area (Å²) < 4.78 is 5.93. The lowest BCUT2D eigenvalue weighted by atomic mass is 10.3. The third-order valence-corrected chi connectivity index (χ3v) is 6.14. The largest absolute Gasteiger partial charge is 0.495 e. The highest BCUT2D eigenvalue weighted by atomic mass is 35.5. The molecule has 1 aromatic heterocycles. The average molecular weight is 476 g/mol. The van der Waals surface area contributed by atoms with E-state index < -0.39 is 0 Å². The molecular weight excluding hydrogens is 463 g/mol. The van der Waals surface area contributed by atoms with E-state index >= 15 is 0 Å². The van der Waals surface area contributed by atoms with E-state index in [0.29, 0.717) is 25.9 Å². The number of nitrogens with one attached hydrogen (secondary N) is 2. The highest BCUT2D eigenvalue weighted by molar-refractivity contribution is 8.01. The monoisotopic (exact) mass is 474 g/mol. The molecule has 28 heavy (non-hydrogen) atoms. The Morgan fingerprint density at radius 2 is 1.89 bits per heavy atom. The molecule has 0 unspecified atom stereocenters. The van der Waals surface area contributed by atoms with E-state index in [0.717, 1.165) is 5.69 Å². The Bertz CT molecular complexity index is 977. The van der Waals surface area contributed by atoms with Crippen LogP contribution in [0.5, 0.6) is 5.75 Å². The summed E-state index contributed by atoms with van der Waals surface area (Å²) in [5.41, 5.74) is 1.11. The summed E-state index contributed by atoms with van der Waals surface area (Å²) in [6, 6.07) is 10.5. The zero-order valence-corrected chi connectivity index (χ0v) is 18.2. The minimum absolute atomic E-state index is 0.124. The van der Waals surface area contributed by atoms with Gasteiger partial charge in [0.2, 0.25) is 11.0 Å². The molecule has 0 radical (unpaired) electrons. The van der Waals surface area contributed by atoms with Crippen molar-refractivity contribution >= 4 is 80.3 Å². The van der Waals surface area contributed by atoms with E-state index in [1.165, 1.54) is 35.2 Å². The second-order valence-electron chi connectivity index (χ2n) is 5.28. The molecule has 2 N–H and O–H groups in total. The van der Waals surface area contributed by atoms with E-state index in [2.05, 4.69) is 20.8 Å². The molecule has 3 rings (SSSR count). The molecule has 11 heteroatoms. The van der Waals surface area contributed by atoms with Crippen molar-refractivity contribution in [3.05, 3.63) is 51.5 Å². The first-order valence-corrected chi connectivity index (χ1v) is 10.7. The van der Waals surface area contributed by atoms with Gasteiger partial charge in [0.1, 0.15) is 5.75 Å². The van der Waals surface area contributed by atoms with Gasteiger partial charge < -0.3 is 15.4 Å². The molecule has 0 fully saturated rings. The number of methoxy groups -OCH3 is 1. The minimum atomic E-state index is -0.273. The Hall–Kier alpha value is -1.71. The van der Waals surface area contributed by atoms with Crippen molar-refractivity contribution in [3.63, 3.8) is 0 Å². The van der Waals surface area contributed by atoms with Gasteiger partial charge in [-0.05, 0) is 24.3 Å². The van der Waals surface area contributed by atoms with Gasteiger partial charge in [-0.15, -0.1) is 10.2 Å². The number of para-hydroxylation sites is 2. The van der Waals surface area contributed by atoms with Crippen molar-refractivity contribution in [1.82, 2.24) is 10.2 Å². The summed E-state index contributed by atoms with van der Waals surface area (Å²) >= 11 is 20.6. The lowest BCUT2D eigenvalue weighted by molar-refractivity contribution is -0.113. The van der Waals surface area contributed by atoms with Crippen LogP contribution in [0.3, 0.4) is 0 Å². The number of amides is 1. The Morgan fingerprint density at radius 3 is 2.61 bits per heavy atom. The Morgan fingerprint density at radius 1 is 1.18 bits per heavy atom. The molecule has 0 aliphatic rings. The van der Waals surface area contributed by atoms with E-state index in [1.54, 1.807) is 7.11 Å². The summed E-state index contributed by atoms with van der Waals surface area (Å²) in [5.74, 6) is 0.548. The van der Waals surface area contributed by atoms with Crippen LogP contribution in [0, 0.1) is 0 Å². The smallest absolute Gasteiger partial charge is 0.234 e. The standard InChI is InChI=1S/C17H13Cl3N4O2S2/c1-26-13-5-3-2-4-12(13)21-16-23-24-17(28-16)27-8-14(25)22-15-10(19)6-9(18)7-11(15)20/h2-7H,8H2,1H3,(H,21,23)(H,22,25). The van der Waals surface area contributed by atoms with Gasteiger partial charge in [-0.1, -0.05) is 70.0 Å². The SMILES string of the molecule is COc1ccccc1Nc1nnc(SCC(=O)Nc2c(Cl)cc(Cl)cc2Cl)s1. The van der Waals surface area contributed by atoms with Crippen molar-refractivity contribution in [1.29, 1.82) is 0 Å². The van der Waals surface area contributed by atoms with Gasteiger partial charge in [0, 0.05) is 5.02 Å². The number of anilines is 3. The fraction of sp³-hybridized carbons (Fsp3) is 0.118. The number of hydrogen-bond acceptors (Lipinski definition) is 7. The number of benzene rings is 2. The minimum Gasteiger partial charge on any atom is -0.495 e. The summed E-state index contributed by atoms with van der Waals surface area (Å²) in [6.07, 6.45) is 0. The maximum Gasteiger partial charge on any atom is 0.234 e. The first kappa shape index (κ1) is 21.0. The predicted octanol–water partition coefficient (Wildman–Crippen LogP) is 5.98. The maximum absolute atomic E-state index is 12.2. The van der Waals surface area contributed by atoms with Crippen LogP contribution in [-0.4, -0.2) is 29.0 Å². The van der Waals surface area contributed by atoms with Gasteiger partial charge in [0.05, 0.1) is 34.3 Å². The van der Waals surface area contributed by atoms with Crippen LogP contribution in [0.25, 0.3) is 0 Å². The summed E-state index contributed by atoms with van der Waals surface area (Å²) in [6.45, 7) is 0. The lowest BCUT2D eigenvalue weighted by Gasteiger charge is -2.09. The number of nitrogens with zero attached hydrogens (tertiary/aromatic N) is 2. The van der Waals surface area contributed by atoms with Crippen molar-refractivity contribution < 1.29 is 9.53 Å². The molecule has 0 aliphatic heterocycles. The van der Waals surface area contributed by atoms with Gasteiger partial charge in [-0.2, -0.15) is 0 Å². The molecule has 2 aromatic carbocycles. The molecule has 0 atom stereocenters. The van der Waals surface area contributed by atoms with Crippen LogP contribution >= 0.6 is 57.9 Å². The number of rotatable bonds is 7. The van der Waals surface area contributed by atoms with Crippen molar-refractivity contribution in [2.24, 2.45) is 0 Å². The van der Waals surface area contributed by atoms with Crippen LogP contribution in [0.4, 0.5) is 16.5 Å². The molecule has 0 bridgehead atoms. The van der Waals surface area contributed by atoms with Crippen molar-refractivity contribution in [3.8, 4) is 5.75 Å². The predicted molar refractivity (Wildman–Crippen MR) is 117 cm³/mol. The normalized spacial score (nSPS) is 10.6. The molecule has 0 saturated carbocycles. The van der Waals surface area contributed by atoms with Crippen LogP contribution in [0.15, 0.2) is 40.7 Å². The number of carbonyl (C=O) groups is 1. The molecule has 3 aromatic rings. The molecular formula is C17H13Cl3N4O2S2. The first-order valence-electron chi connectivity index (χ1n) is 7.77. The van der Waals surface area contributed by atoms with Crippen LogP contribution in [-0.2, 0) is 4.79 Å². The second kappa shape index (κ2) is 9.67. The lowest BCUT2D eigenvalue weighted by Crippen LogP contribution is -2.14. The van der Waals surface area contributed by atoms with Gasteiger partial charge in [-0.25, -0.2) is 0 Å². The third kappa shape index (κ3) is 5.42. The molecule has 0 saturated heterocycles. The van der Waals surface area contributed by atoms with E-state index in [-0.39, 0.29) is 21.7 Å². The van der Waals surface area contributed by atoms with Gasteiger partial charge in [0.25, 0.3) is 0 Å². The molecule has 0 spiro atoms. The Balaban J connectivity index is 1.58. The van der Waals surface area contributed by atoms with Gasteiger partial charge >= 0.3 is 0 Å². The van der Waals surface area contributed by atoms with Crippen molar-refractivity contribution in [2.45, 2.75) is 4.34 Å². The van der Waals surface area contributed by atoms with Crippen LogP contribution in [0.2, 0.25) is 15.1 Å². The molecule has 1 heterocycles. The van der Waals surface area contributed by atoms with E-state index in [9.17, 15) is 4.79 Å². The fourth-order valence-corrected chi connectivity index (χ4v) is 4.62. The Labute approximate surface area is 184 Å². The van der Waals surface area contributed by atoms with Gasteiger partial charge in [-0.3, -0.25) is 4.79 Å². The highest BCUT2D eigenvalue weighted by Crippen LogP contribution is 2.34. The number of thioether (sulfide) groups is 1. The van der Waals surface area contributed by atoms with Crippen LogP contribution in [0.1, 0.15) is 0 Å². The van der Waals surface area contributed by atoms with E-state index in [1.807, 2.05) is 24.3 Å².